The number of aryl methyl sites for hydroxylation is 1. The van der Waals surface area contributed by atoms with Gasteiger partial charge in [0.1, 0.15) is 12.4 Å². The van der Waals surface area contributed by atoms with Gasteiger partial charge in [-0.2, -0.15) is 0 Å². The Morgan fingerprint density at radius 2 is 2.19 bits per heavy atom. The Balaban J connectivity index is 2.12. The van der Waals surface area contributed by atoms with Gasteiger partial charge in [-0.05, 0) is 20.0 Å². The van der Waals surface area contributed by atoms with E-state index in [1.165, 1.54) is 0 Å². The van der Waals surface area contributed by atoms with Crippen molar-refractivity contribution in [3.8, 4) is 11.5 Å². The van der Waals surface area contributed by atoms with Crippen molar-refractivity contribution in [3.63, 3.8) is 0 Å². The van der Waals surface area contributed by atoms with E-state index in [1.807, 2.05) is 30.8 Å². The highest BCUT2D eigenvalue weighted by atomic mass is 35.5. The predicted molar refractivity (Wildman–Crippen MR) is 83.2 cm³/mol. The smallest absolute Gasteiger partial charge is 0.165 e. The molecule has 1 aromatic carbocycles. The number of nitrogens with one attached hydrogen (secondary N) is 1. The molecular weight excluding hydrogens is 290 g/mol. The third-order valence-corrected chi connectivity index (χ3v) is 3.40. The zero-order valence-electron chi connectivity index (χ0n) is 12.5. The molecule has 0 atom stereocenters. The van der Waals surface area contributed by atoms with Crippen molar-refractivity contribution in [2.24, 2.45) is 0 Å². The molecular formula is C15H20ClN3O2. The van der Waals surface area contributed by atoms with Crippen LogP contribution in [0.15, 0.2) is 24.5 Å². The first-order valence-corrected chi connectivity index (χ1v) is 7.15. The van der Waals surface area contributed by atoms with Crippen LogP contribution in [0.25, 0.3) is 0 Å². The average molecular weight is 310 g/mol. The van der Waals surface area contributed by atoms with E-state index >= 15 is 0 Å². The van der Waals surface area contributed by atoms with E-state index in [0.717, 1.165) is 23.7 Å². The third-order valence-electron chi connectivity index (χ3n) is 3.19. The van der Waals surface area contributed by atoms with Gasteiger partial charge in [-0.3, -0.25) is 0 Å². The number of rotatable bonds is 7. The van der Waals surface area contributed by atoms with Crippen LogP contribution in [0.3, 0.4) is 0 Å². The lowest BCUT2D eigenvalue weighted by atomic mass is 10.2. The van der Waals surface area contributed by atoms with E-state index in [9.17, 15) is 0 Å². The lowest BCUT2D eigenvalue weighted by molar-refractivity contribution is 0.275. The number of aromatic nitrogens is 2. The van der Waals surface area contributed by atoms with Gasteiger partial charge in [-0.15, -0.1) is 0 Å². The molecule has 21 heavy (non-hydrogen) atoms. The summed E-state index contributed by atoms with van der Waals surface area (Å²) in [5.74, 6) is 2.35. The second-order valence-corrected chi connectivity index (χ2v) is 5.08. The number of nitrogens with zero attached hydrogens (tertiary/aromatic N) is 2. The molecule has 2 aromatic rings. The van der Waals surface area contributed by atoms with Crippen molar-refractivity contribution in [1.82, 2.24) is 14.9 Å². The summed E-state index contributed by atoms with van der Waals surface area (Å²) in [7, 11) is 3.49. The van der Waals surface area contributed by atoms with Gasteiger partial charge in [0.15, 0.2) is 11.5 Å². The molecule has 0 aliphatic carbocycles. The van der Waals surface area contributed by atoms with Gasteiger partial charge >= 0.3 is 0 Å². The van der Waals surface area contributed by atoms with Crippen LogP contribution in [-0.4, -0.2) is 30.3 Å². The summed E-state index contributed by atoms with van der Waals surface area (Å²) in [5.41, 5.74) is 0.976. The summed E-state index contributed by atoms with van der Waals surface area (Å²) >= 11 is 6.10. The van der Waals surface area contributed by atoms with Gasteiger partial charge in [0.2, 0.25) is 0 Å². The molecule has 0 aliphatic heterocycles. The van der Waals surface area contributed by atoms with Gasteiger partial charge in [-0.1, -0.05) is 11.6 Å². The van der Waals surface area contributed by atoms with E-state index in [-0.39, 0.29) is 0 Å². The fraction of sp³-hybridized carbons (Fsp3) is 0.400. The third kappa shape index (κ3) is 3.89. The van der Waals surface area contributed by atoms with Crippen LogP contribution in [0.2, 0.25) is 5.02 Å². The largest absolute Gasteiger partial charge is 0.493 e. The lowest BCUT2D eigenvalue weighted by Gasteiger charge is -2.16. The summed E-state index contributed by atoms with van der Waals surface area (Å²) in [6.07, 6.45) is 3.72. The highest BCUT2D eigenvalue weighted by Crippen LogP contribution is 2.34. The second kappa shape index (κ2) is 7.33. The standard InChI is InChI=1S/C15H20ClN3O2/c1-11-18-4-5-19(11)6-7-21-15-12(10-17-2)8-13(16)9-14(15)20-3/h4-5,8-9,17H,6-7,10H2,1-3H3. The first kappa shape index (κ1) is 15.7. The molecule has 114 valence electrons. The van der Waals surface area contributed by atoms with E-state index in [0.29, 0.717) is 23.9 Å². The second-order valence-electron chi connectivity index (χ2n) is 4.64. The molecule has 0 aliphatic rings. The summed E-state index contributed by atoms with van der Waals surface area (Å²) in [4.78, 5) is 4.19. The quantitative estimate of drug-likeness (QED) is 0.854. The first-order chi connectivity index (χ1) is 10.2. The van der Waals surface area contributed by atoms with Gasteiger partial charge < -0.3 is 19.4 Å². The first-order valence-electron chi connectivity index (χ1n) is 6.77. The fourth-order valence-corrected chi connectivity index (χ4v) is 2.38. The Bertz CT molecular complexity index is 599. The molecule has 0 saturated carbocycles. The summed E-state index contributed by atoms with van der Waals surface area (Å²) < 4.78 is 13.3. The minimum absolute atomic E-state index is 0.534. The molecule has 0 fully saturated rings. The minimum Gasteiger partial charge on any atom is -0.493 e. The molecule has 1 heterocycles. The zero-order chi connectivity index (χ0) is 15.2. The maximum absolute atomic E-state index is 6.10. The number of imidazole rings is 1. The van der Waals surface area contributed by atoms with E-state index < -0.39 is 0 Å². The Labute approximate surface area is 129 Å². The summed E-state index contributed by atoms with van der Waals surface area (Å²) in [6, 6.07) is 3.65. The van der Waals surface area contributed by atoms with Crippen LogP contribution in [0, 0.1) is 6.92 Å². The van der Waals surface area contributed by atoms with Crippen LogP contribution >= 0.6 is 11.6 Å². The maximum Gasteiger partial charge on any atom is 0.165 e. The van der Waals surface area contributed by atoms with Crippen LogP contribution in [0.1, 0.15) is 11.4 Å². The van der Waals surface area contributed by atoms with Crippen molar-refractivity contribution in [2.75, 3.05) is 20.8 Å². The van der Waals surface area contributed by atoms with Crippen molar-refractivity contribution >= 4 is 11.6 Å². The molecule has 0 spiro atoms. The van der Waals surface area contributed by atoms with Crippen molar-refractivity contribution in [2.45, 2.75) is 20.0 Å². The number of benzene rings is 1. The molecule has 0 radical (unpaired) electrons. The number of halogens is 1. The monoisotopic (exact) mass is 309 g/mol. The number of ether oxygens (including phenoxy) is 2. The normalized spacial score (nSPS) is 10.7. The van der Waals surface area contributed by atoms with Crippen LogP contribution in [-0.2, 0) is 13.1 Å². The van der Waals surface area contributed by atoms with Gasteiger partial charge in [0.05, 0.1) is 13.7 Å². The van der Waals surface area contributed by atoms with Crippen molar-refractivity contribution in [1.29, 1.82) is 0 Å². The average Bonchev–Trinajstić information content (AvgIpc) is 2.86. The van der Waals surface area contributed by atoms with Gasteiger partial charge in [0, 0.05) is 35.6 Å². The fourth-order valence-electron chi connectivity index (χ4n) is 2.15. The molecule has 2 rings (SSSR count). The molecule has 1 N–H and O–H groups in total. The molecule has 1 aromatic heterocycles. The van der Waals surface area contributed by atoms with E-state index in [1.54, 1.807) is 19.4 Å². The maximum atomic E-state index is 6.10. The molecule has 6 heteroatoms. The minimum atomic E-state index is 0.534. The molecule has 5 nitrogen and oxygen atoms in total. The van der Waals surface area contributed by atoms with Gasteiger partial charge in [-0.25, -0.2) is 4.98 Å². The van der Waals surface area contributed by atoms with Crippen LogP contribution < -0.4 is 14.8 Å². The van der Waals surface area contributed by atoms with E-state index in [2.05, 4.69) is 10.3 Å². The van der Waals surface area contributed by atoms with Crippen molar-refractivity contribution in [3.05, 3.63) is 40.9 Å². The molecule has 0 amide bonds. The molecule has 0 unspecified atom stereocenters. The Kier molecular flexibility index (Phi) is 5.47. The molecule has 0 saturated heterocycles. The SMILES string of the molecule is CNCc1cc(Cl)cc(OC)c1OCCn1ccnc1C. The Hall–Kier alpha value is -1.72. The number of methoxy groups -OCH3 is 1. The van der Waals surface area contributed by atoms with Gasteiger partial charge in [0.25, 0.3) is 0 Å². The predicted octanol–water partition coefficient (Wildman–Crippen LogP) is 2.65. The zero-order valence-corrected chi connectivity index (χ0v) is 13.3. The topological polar surface area (TPSA) is 48.3 Å². The number of hydrogen-bond acceptors (Lipinski definition) is 4. The summed E-state index contributed by atoms with van der Waals surface area (Å²) in [5, 5.41) is 3.74. The number of hydrogen-bond donors (Lipinski definition) is 1. The highest BCUT2D eigenvalue weighted by Gasteiger charge is 2.12. The molecule has 0 bridgehead atoms. The Morgan fingerprint density at radius 1 is 1.38 bits per heavy atom. The van der Waals surface area contributed by atoms with E-state index in [4.69, 9.17) is 21.1 Å². The van der Waals surface area contributed by atoms with Crippen LogP contribution in [0.4, 0.5) is 0 Å². The van der Waals surface area contributed by atoms with Crippen LogP contribution in [0.5, 0.6) is 11.5 Å². The van der Waals surface area contributed by atoms with Crippen molar-refractivity contribution < 1.29 is 9.47 Å². The highest BCUT2D eigenvalue weighted by molar-refractivity contribution is 6.30. The Morgan fingerprint density at radius 3 is 2.81 bits per heavy atom. The summed E-state index contributed by atoms with van der Waals surface area (Å²) in [6.45, 7) is 3.90. The lowest BCUT2D eigenvalue weighted by Crippen LogP contribution is -2.12.